The van der Waals surface area contributed by atoms with E-state index in [1.165, 1.54) is 25.7 Å². The van der Waals surface area contributed by atoms with Crippen molar-refractivity contribution in [2.45, 2.75) is 35.8 Å². The molecule has 86 valence electrons. The molecular formula is C12H16N2OS. The molecule has 1 aliphatic rings. The lowest BCUT2D eigenvalue weighted by Crippen LogP contribution is -2.11. The van der Waals surface area contributed by atoms with E-state index >= 15 is 0 Å². The lowest BCUT2D eigenvalue weighted by molar-refractivity contribution is 0.1000. The Kier molecular flexibility index (Phi) is 3.39. The number of nitrogen functional groups attached to an aromatic ring is 1. The van der Waals surface area contributed by atoms with Crippen molar-refractivity contribution < 1.29 is 4.79 Å². The molecule has 3 nitrogen and oxygen atoms in total. The maximum Gasteiger partial charge on any atom is 0.248 e. The molecule has 0 bridgehead atoms. The first-order chi connectivity index (χ1) is 7.66. The van der Waals surface area contributed by atoms with E-state index in [1.807, 2.05) is 0 Å². The third-order valence-corrected chi connectivity index (χ3v) is 4.31. The second-order valence-electron chi connectivity index (χ2n) is 4.14. The van der Waals surface area contributed by atoms with Gasteiger partial charge in [-0.25, -0.2) is 0 Å². The van der Waals surface area contributed by atoms with Gasteiger partial charge in [0.05, 0.1) is 0 Å². The van der Waals surface area contributed by atoms with Gasteiger partial charge in [-0.05, 0) is 31.0 Å². The van der Waals surface area contributed by atoms with Gasteiger partial charge in [0.1, 0.15) is 0 Å². The summed E-state index contributed by atoms with van der Waals surface area (Å²) >= 11 is 1.78. The van der Waals surface area contributed by atoms with Crippen LogP contribution >= 0.6 is 11.8 Å². The molecule has 1 saturated carbocycles. The quantitative estimate of drug-likeness (QED) is 0.792. The Balaban J connectivity index is 2.17. The van der Waals surface area contributed by atoms with Crippen LogP contribution in [0.3, 0.4) is 0 Å². The summed E-state index contributed by atoms with van der Waals surface area (Å²) in [5.41, 5.74) is 12.4. The van der Waals surface area contributed by atoms with E-state index in [2.05, 4.69) is 0 Å². The van der Waals surface area contributed by atoms with E-state index in [0.29, 0.717) is 10.8 Å². The average molecular weight is 236 g/mol. The smallest absolute Gasteiger partial charge is 0.248 e. The van der Waals surface area contributed by atoms with Crippen LogP contribution in [0.1, 0.15) is 36.0 Å². The van der Waals surface area contributed by atoms with Crippen molar-refractivity contribution in [1.82, 2.24) is 0 Å². The summed E-state index contributed by atoms with van der Waals surface area (Å²) in [6.07, 6.45) is 5.08. The summed E-state index contributed by atoms with van der Waals surface area (Å²) in [5.74, 6) is -0.395. The molecule has 2 rings (SSSR count). The molecule has 16 heavy (non-hydrogen) atoms. The van der Waals surface area contributed by atoms with Crippen LogP contribution in [-0.2, 0) is 0 Å². The van der Waals surface area contributed by atoms with Crippen molar-refractivity contribution in [3.05, 3.63) is 23.8 Å². The third-order valence-electron chi connectivity index (χ3n) is 2.89. The van der Waals surface area contributed by atoms with Crippen LogP contribution in [-0.4, -0.2) is 11.2 Å². The molecule has 0 unspecified atom stereocenters. The van der Waals surface area contributed by atoms with Gasteiger partial charge in [-0.2, -0.15) is 0 Å². The number of carbonyl (C=O) groups excluding carboxylic acids is 1. The number of primary amides is 1. The summed E-state index contributed by atoms with van der Waals surface area (Å²) in [6.45, 7) is 0. The standard InChI is InChI=1S/C12H16N2OS/c13-10-6-5-8(12(14)15)7-11(10)16-9-3-1-2-4-9/h5-7,9H,1-4,13H2,(H2,14,15). The molecule has 1 amide bonds. The first-order valence-electron chi connectivity index (χ1n) is 5.53. The summed E-state index contributed by atoms with van der Waals surface area (Å²) < 4.78 is 0. The molecule has 0 aliphatic heterocycles. The van der Waals surface area contributed by atoms with Gasteiger partial charge in [-0.3, -0.25) is 4.79 Å². The van der Waals surface area contributed by atoms with Gasteiger partial charge in [0.25, 0.3) is 0 Å². The van der Waals surface area contributed by atoms with Crippen molar-refractivity contribution in [1.29, 1.82) is 0 Å². The van der Waals surface area contributed by atoms with Crippen LogP contribution in [0.5, 0.6) is 0 Å². The van der Waals surface area contributed by atoms with Gasteiger partial charge in [0.2, 0.25) is 5.91 Å². The molecule has 1 fully saturated rings. The Labute approximate surface area is 99.6 Å². The van der Waals surface area contributed by atoms with Crippen LogP contribution < -0.4 is 11.5 Å². The number of thioether (sulfide) groups is 1. The van der Waals surface area contributed by atoms with Gasteiger partial charge in [-0.15, -0.1) is 11.8 Å². The van der Waals surface area contributed by atoms with Crippen molar-refractivity contribution >= 4 is 23.4 Å². The van der Waals surface area contributed by atoms with Gasteiger partial charge in [0, 0.05) is 21.4 Å². The highest BCUT2D eigenvalue weighted by Gasteiger charge is 2.17. The Hall–Kier alpha value is -1.16. The van der Waals surface area contributed by atoms with Crippen LogP contribution in [0, 0.1) is 0 Å². The Morgan fingerprint density at radius 2 is 2.00 bits per heavy atom. The normalized spacial score (nSPS) is 16.5. The van der Waals surface area contributed by atoms with Gasteiger partial charge >= 0.3 is 0 Å². The molecule has 0 radical (unpaired) electrons. The van der Waals surface area contributed by atoms with Crippen molar-refractivity contribution in [3.63, 3.8) is 0 Å². The fourth-order valence-electron chi connectivity index (χ4n) is 1.98. The summed E-state index contributed by atoms with van der Waals surface area (Å²) in [6, 6.07) is 5.24. The number of carbonyl (C=O) groups is 1. The molecule has 1 aliphatic carbocycles. The van der Waals surface area contributed by atoms with Crippen LogP contribution in [0.2, 0.25) is 0 Å². The second kappa shape index (κ2) is 4.78. The minimum Gasteiger partial charge on any atom is -0.398 e. The number of rotatable bonds is 3. The lowest BCUT2D eigenvalue weighted by atomic mass is 10.2. The topological polar surface area (TPSA) is 69.1 Å². The number of hydrogen-bond acceptors (Lipinski definition) is 3. The van der Waals surface area contributed by atoms with Crippen molar-refractivity contribution in [3.8, 4) is 0 Å². The molecule has 0 atom stereocenters. The predicted octanol–water partition coefficient (Wildman–Crippen LogP) is 2.40. The molecular weight excluding hydrogens is 220 g/mol. The van der Waals surface area contributed by atoms with E-state index in [-0.39, 0.29) is 0 Å². The zero-order chi connectivity index (χ0) is 11.5. The summed E-state index contributed by atoms with van der Waals surface area (Å²) in [7, 11) is 0. The highest BCUT2D eigenvalue weighted by Crippen LogP contribution is 2.37. The van der Waals surface area contributed by atoms with E-state index < -0.39 is 5.91 Å². The highest BCUT2D eigenvalue weighted by molar-refractivity contribution is 8.00. The highest BCUT2D eigenvalue weighted by atomic mass is 32.2. The van der Waals surface area contributed by atoms with Crippen molar-refractivity contribution in [2.24, 2.45) is 5.73 Å². The van der Waals surface area contributed by atoms with E-state index in [4.69, 9.17) is 11.5 Å². The van der Waals surface area contributed by atoms with Crippen LogP contribution in [0.15, 0.2) is 23.1 Å². The summed E-state index contributed by atoms with van der Waals surface area (Å²) in [5, 5.41) is 0.644. The first-order valence-corrected chi connectivity index (χ1v) is 6.41. The Morgan fingerprint density at radius 3 is 2.62 bits per heavy atom. The lowest BCUT2D eigenvalue weighted by Gasteiger charge is -2.11. The van der Waals surface area contributed by atoms with E-state index in [1.54, 1.807) is 30.0 Å². The minimum absolute atomic E-state index is 0.395. The first kappa shape index (κ1) is 11.3. The maximum atomic E-state index is 11.1. The Morgan fingerprint density at radius 1 is 1.31 bits per heavy atom. The largest absolute Gasteiger partial charge is 0.398 e. The number of nitrogens with two attached hydrogens (primary N) is 2. The molecule has 1 aromatic carbocycles. The van der Waals surface area contributed by atoms with Gasteiger partial charge < -0.3 is 11.5 Å². The average Bonchev–Trinajstić information content (AvgIpc) is 2.73. The summed E-state index contributed by atoms with van der Waals surface area (Å²) in [4.78, 5) is 12.1. The maximum absolute atomic E-state index is 11.1. The van der Waals surface area contributed by atoms with Crippen LogP contribution in [0.4, 0.5) is 5.69 Å². The molecule has 1 aromatic rings. The fourth-order valence-corrected chi connectivity index (χ4v) is 3.30. The molecule has 0 spiro atoms. The van der Waals surface area contributed by atoms with Crippen LogP contribution in [0.25, 0.3) is 0 Å². The SMILES string of the molecule is NC(=O)c1ccc(N)c(SC2CCCC2)c1. The minimum atomic E-state index is -0.395. The van der Waals surface area contributed by atoms with Crippen molar-refractivity contribution in [2.75, 3.05) is 5.73 Å². The van der Waals surface area contributed by atoms with E-state index in [9.17, 15) is 4.79 Å². The number of hydrogen-bond donors (Lipinski definition) is 2. The zero-order valence-corrected chi connectivity index (χ0v) is 9.93. The van der Waals surface area contributed by atoms with E-state index in [0.717, 1.165) is 10.6 Å². The molecule has 4 heteroatoms. The molecule has 0 saturated heterocycles. The molecule has 0 aromatic heterocycles. The Bertz CT molecular complexity index is 400. The predicted molar refractivity (Wildman–Crippen MR) is 67.5 cm³/mol. The molecule has 4 N–H and O–H groups in total. The monoisotopic (exact) mass is 236 g/mol. The number of amides is 1. The molecule has 0 heterocycles. The second-order valence-corrected chi connectivity index (χ2v) is 5.48. The number of benzene rings is 1. The number of anilines is 1. The third kappa shape index (κ3) is 2.50. The van der Waals surface area contributed by atoms with Gasteiger partial charge in [-0.1, -0.05) is 12.8 Å². The van der Waals surface area contributed by atoms with Gasteiger partial charge in [0.15, 0.2) is 0 Å². The fraction of sp³-hybridized carbons (Fsp3) is 0.417. The zero-order valence-electron chi connectivity index (χ0n) is 9.11.